The van der Waals surface area contributed by atoms with E-state index in [4.69, 9.17) is 0 Å². The Hall–Kier alpha value is -1.10. The van der Waals surface area contributed by atoms with E-state index in [0.29, 0.717) is 13.1 Å². The quantitative estimate of drug-likeness (QED) is 0.750. The highest BCUT2D eigenvalue weighted by Gasteiger charge is 2.45. The molecule has 18 heavy (non-hydrogen) atoms. The third kappa shape index (κ3) is 2.23. The van der Waals surface area contributed by atoms with E-state index in [1.54, 1.807) is 4.90 Å². The molecule has 0 bridgehead atoms. The van der Waals surface area contributed by atoms with Gasteiger partial charge in [0.1, 0.15) is 6.04 Å². The van der Waals surface area contributed by atoms with Crippen LogP contribution in [0.15, 0.2) is 0 Å². The van der Waals surface area contributed by atoms with E-state index in [1.165, 1.54) is 0 Å². The molecule has 2 fully saturated rings. The molecule has 2 unspecified atom stereocenters. The first kappa shape index (κ1) is 13.3. The fraction of sp³-hybridized carbons (Fsp3) is 0.846. The van der Waals surface area contributed by atoms with Crippen LogP contribution >= 0.6 is 0 Å². The number of carbonyl (C=O) groups is 2. The number of hydrogen-bond acceptors (Lipinski definition) is 3. The van der Waals surface area contributed by atoms with Crippen molar-refractivity contribution in [3.05, 3.63) is 0 Å². The molecule has 2 aliphatic rings. The lowest BCUT2D eigenvalue weighted by molar-refractivity contribution is -0.150. The van der Waals surface area contributed by atoms with Gasteiger partial charge in [0.25, 0.3) is 0 Å². The summed E-state index contributed by atoms with van der Waals surface area (Å²) in [6.45, 7) is 6.79. The van der Waals surface area contributed by atoms with Crippen LogP contribution in [0, 0.1) is 5.41 Å². The molecular weight excluding hydrogens is 230 g/mol. The number of rotatable bonds is 3. The molecule has 2 N–H and O–H groups in total. The molecule has 2 rings (SSSR count). The van der Waals surface area contributed by atoms with Crippen molar-refractivity contribution in [3.63, 3.8) is 0 Å². The second kappa shape index (κ2) is 5.26. The summed E-state index contributed by atoms with van der Waals surface area (Å²) in [4.78, 5) is 26.2. The van der Waals surface area contributed by atoms with Crippen LogP contribution in [0.3, 0.4) is 0 Å². The summed E-state index contributed by atoms with van der Waals surface area (Å²) >= 11 is 0. The zero-order valence-electron chi connectivity index (χ0n) is 11.3. The SMILES string of the molecule is CCCC1(C(=O)N2CCNC(=O)C2C)CCNC1. The Morgan fingerprint density at radius 2 is 2.28 bits per heavy atom. The van der Waals surface area contributed by atoms with Gasteiger partial charge in [-0.2, -0.15) is 0 Å². The topological polar surface area (TPSA) is 61.4 Å². The molecule has 5 heteroatoms. The Morgan fingerprint density at radius 3 is 2.89 bits per heavy atom. The molecule has 0 radical (unpaired) electrons. The standard InChI is InChI=1S/C13H23N3O2/c1-3-4-13(5-6-14-9-13)12(18)16-8-7-15-11(17)10(16)2/h10,14H,3-9H2,1-2H3,(H,15,17). The Morgan fingerprint density at radius 1 is 1.50 bits per heavy atom. The zero-order valence-corrected chi connectivity index (χ0v) is 11.3. The van der Waals surface area contributed by atoms with Gasteiger partial charge in [-0.05, 0) is 26.3 Å². The lowest BCUT2D eigenvalue weighted by Gasteiger charge is -2.39. The maximum absolute atomic E-state index is 12.8. The van der Waals surface area contributed by atoms with Crippen LogP contribution in [0.4, 0.5) is 0 Å². The van der Waals surface area contributed by atoms with Crippen LogP contribution in [0.5, 0.6) is 0 Å². The van der Waals surface area contributed by atoms with Gasteiger partial charge in [-0.25, -0.2) is 0 Å². The van der Waals surface area contributed by atoms with Crippen molar-refractivity contribution in [3.8, 4) is 0 Å². The fourth-order valence-electron chi connectivity index (χ4n) is 3.09. The monoisotopic (exact) mass is 253 g/mol. The first-order chi connectivity index (χ1) is 8.60. The lowest BCUT2D eigenvalue weighted by Crippen LogP contribution is -2.59. The molecule has 0 aromatic rings. The molecule has 0 aliphatic carbocycles. The number of nitrogens with zero attached hydrogens (tertiary/aromatic N) is 1. The minimum atomic E-state index is -0.333. The first-order valence-corrected chi connectivity index (χ1v) is 6.90. The van der Waals surface area contributed by atoms with E-state index in [0.717, 1.165) is 32.4 Å². The van der Waals surface area contributed by atoms with Gasteiger partial charge in [0.15, 0.2) is 0 Å². The highest BCUT2D eigenvalue weighted by molar-refractivity contribution is 5.91. The van der Waals surface area contributed by atoms with Gasteiger partial charge < -0.3 is 15.5 Å². The number of piperazine rings is 1. The van der Waals surface area contributed by atoms with Crippen molar-refractivity contribution >= 4 is 11.8 Å². The molecule has 2 atom stereocenters. The summed E-state index contributed by atoms with van der Waals surface area (Å²) in [6, 6.07) is -0.333. The highest BCUT2D eigenvalue weighted by atomic mass is 16.2. The van der Waals surface area contributed by atoms with E-state index < -0.39 is 0 Å². The van der Waals surface area contributed by atoms with Gasteiger partial charge in [0.2, 0.25) is 11.8 Å². The van der Waals surface area contributed by atoms with Crippen LogP contribution in [0.2, 0.25) is 0 Å². The second-order valence-electron chi connectivity index (χ2n) is 5.42. The molecule has 2 saturated heterocycles. The van der Waals surface area contributed by atoms with Crippen molar-refractivity contribution in [2.75, 3.05) is 26.2 Å². The zero-order chi connectivity index (χ0) is 13.2. The number of amides is 2. The lowest BCUT2D eigenvalue weighted by atomic mass is 9.80. The number of nitrogens with one attached hydrogen (secondary N) is 2. The van der Waals surface area contributed by atoms with Gasteiger partial charge in [-0.1, -0.05) is 13.3 Å². The molecular formula is C13H23N3O2. The molecule has 0 saturated carbocycles. The second-order valence-corrected chi connectivity index (χ2v) is 5.42. The number of carbonyl (C=O) groups excluding carboxylic acids is 2. The van der Waals surface area contributed by atoms with E-state index >= 15 is 0 Å². The summed E-state index contributed by atoms with van der Waals surface area (Å²) < 4.78 is 0. The fourth-order valence-corrected chi connectivity index (χ4v) is 3.09. The van der Waals surface area contributed by atoms with E-state index in [9.17, 15) is 9.59 Å². The molecule has 102 valence electrons. The average molecular weight is 253 g/mol. The summed E-state index contributed by atoms with van der Waals surface area (Å²) in [5.41, 5.74) is -0.277. The van der Waals surface area contributed by atoms with Crippen LogP contribution in [0.1, 0.15) is 33.1 Å². The van der Waals surface area contributed by atoms with Gasteiger partial charge in [-0.3, -0.25) is 9.59 Å². The minimum absolute atomic E-state index is 0.0350. The van der Waals surface area contributed by atoms with Gasteiger partial charge in [-0.15, -0.1) is 0 Å². The third-order valence-electron chi connectivity index (χ3n) is 4.19. The Labute approximate surface area is 108 Å². The summed E-state index contributed by atoms with van der Waals surface area (Å²) in [5, 5.41) is 6.10. The van der Waals surface area contributed by atoms with E-state index in [1.807, 2.05) is 6.92 Å². The van der Waals surface area contributed by atoms with Crippen molar-refractivity contribution in [1.82, 2.24) is 15.5 Å². The largest absolute Gasteiger partial charge is 0.353 e. The van der Waals surface area contributed by atoms with Crippen molar-refractivity contribution in [1.29, 1.82) is 0 Å². The molecule has 0 aromatic carbocycles. The summed E-state index contributed by atoms with van der Waals surface area (Å²) in [5.74, 6) is 0.129. The first-order valence-electron chi connectivity index (χ1n) is 6.90. The smallest absolute Gasteiger partial charge is 0.242 e. The Kier molecular flexibility index (Phi) is 3.90. The summed E-state index contributed by atoms with van der Waals surface area (Å²) in [6.07, 6.45) is 2.80. The predicted octanol–water partition coefficient (Wildman–Crippen LogP) is 0.113. The molecule has 2 amide bonds. The van der Waals surface area contributed by atoms with E-state index in [-0.39, 0.29) is 23.3 Å². The molecule has 2 aliphatic heterocycles. The van der Waals surface area contributed by atoms with E-state index in [2.05, 4.69) is 17.6 Å². The highest BCUT2D eigenvalue weighted by Crippen LogP contribution is 2.34. The normalized spacial score (nSPS) is 32.4. The summed E-state index contributed by atoms with van der Waals surface area (Å²) in [7, 11) is 0. The molecule has 2 heterocycles. The van der Waals surface area contributed by atoms with Gasteiger partial charge in [0.05, 0.1) is 5.41 Å². The average Bonchev–Trinajstić information content (AvgIpc) is 2.82. The van der Waals surface area contributed by atoms with Crippen molar-refractivity contribution < 1.29 is 9.59 Å². The van der Waals surface area contributed by atoms with Crippen molar-refractivity contribution in [2.24, 2.45) is 5.41 Å². The molecule has 5 nitrogen and oxygen atoms in total. The molecule has 0 spiro atoms. The van der Waals surface area contributed by atoms with Gasteiger partial charge >= 0.3 is 0 Å². The maximum atomic E-state index is 12.8. The maximum Gasteiger partial charge on any atom is 0.242 e. The third-order valence-corrected chi connectivity index (χ3v) is 4.19. The van der Waals surface area contributed by atoms with Crippen molar-refractivity contribution in [2.45, 2.75) is 39.2 Å². The van der Waals surface area contributed by atoms with Crippen LogP contribution < -0.4 is 10.6 Å². The van der Waals surface area contributed by atoms with Crippen LogP contribution in [-0.2, 0) is 9.59 Å². The predicted molar refractivity (Wildman–Crippen MR) is 69.0 cm³/mol. The Balaban J connectivity index is 2.15. The number of hydrogen-bond donors (Lipinski definition) is 2. The van der Waals surface area contributed by atoms with Crippen LogP contribution in [0.25, 0.3) is 0 Å². The van der Waals surface area contributed by atoms with Gasteiger partial charge in [0, 0.05) is 19.6 Å². The Bertz CT molecular complexity index is 337. The minimum Gasteiger partial charge on any atom is -0.353 e. The molecule has 0 aromatic heterocycles. The van der Waals surface area contributed by atoms with Crippen LogP contribution in [-0.4, -0.2) is 48.9 Å².